The Balaban J connectivity index is 1.58. The van der Waals surface area contributed by atoms with E-state index in [1.165, 1.54) is 18.6 Å². The van der Waals surface area contributed by atoms with Gasteiger partial charge in [-0.3, -0.25) is 19.7 Å². The zero-order valence-electron chi connectivity index (χ0n) is 14.9. The normalized spacial score (nSPS) is 16.2. The van der Waals surface area contributed by atoms with E-state index in [1.54, 1.807) is 18.6 Å². The highest BCUT2D eigenvalue weighted by Gasteiger charge is 2.22. The van der Waals surface area contributed by atoms with Crippen LogP contribution in [0.15, 0.2) is 42.9 Å². The van der Waals surface area contributed by atoms with Gasteiger partial charge in [-0.05, 0) is 50.0 Å². The minimum absolute atomic E-state index is 0.000209. The van der Waals surface area contributed by atoms with Crippen LogP contribution in [0, 0.1) is 5.82 Å². The molecule has 1 N–H and O–H groups in total. The summed E-state index contributed by atoms with van der Waals surface area (Å²) in [7, 11) is 0. The van der Waals surface area contributed by atoms with Crippen LogP contribution < -0.4 is 5.32 Å². The number of hydrogen-bond acceptors (Lipinski definition) is 4. The highest BCUT2D eigenvalue weighted by atomic mass is 19.1. The van der Waals surface area contributed by atoms with Gasteiger partial charge in [0, 0.05) is 31.6 Å². The molecule has 1 fully saturated rings. The molecule has 1 amide bonds. The minimum Gasteiger partial charge on any atom is -0.354 e. The monoisotopic (exact) mass is 356 g/mol. The molecule has 5 nitrogen and oxygen atoms in total. The first kappa shape index (κ1) is 18.5. The van der Waals surface area contributed by atoms with Crippen molar-refractivity contribution in [3.63, 3.8) is 0 Å². The van der Waals surface area contributed by atoms with E-state index in [4.69, 9.17) is 0 Å². The van der Waals surface area contributed by atoms with Gasteiger partial charge in [0.25, 0.3) is 0 Å². The summed E-state index contributed by atoms with van der Waals surface area (Å²) in [5.74, 6) is -0.237. The molecule has 6 heteroatoms. The van der Waals surface area contributed by atoms with E-state index in [-0.39, 0.29) is 17.8 Å². The maximum Gasteiger partial charge on any atom is 0.220 e. The number of nitrogens with zero attached hydrogens (tertiary/aromatic N) is 3. The lowest BCUT2D eigenvalue weighted by Crippen LogP contribution is -2.40. The third-order valence-corrected chi connectivity index (χ3v) is 4.80. The molecule has 2 aromatic rings. The summed E-state index contributed by atoms with van der Waals surface area (Å²) in [4.78, 5) is 22.8. The number of aromatic nitrogens is 2. The highest BCUT2D eigenvalue weighted by Crippen LogP contribution is 2.24. The van der Waals surface area contributed by atoms with Gasteiger partial charge in [0.1, 0.15) is 5.82 Å². The molecule has 3 rings (SSSR count). The number of amides is 1. The zero-order chi connectivity index (χ0) is 18.2. The first-order valence-electron chi connectivity index (χ1n) is 9.23. The SMILES string of the molecule is O=C(CCc1cnccn1)NCC(c1ccc(F)cc1)N1CCCCC1. The van der Waals surface area contributed by atoms with Gasteiger partial charge >= 0.3 is 0 Å². The van der Waals surface area contributed by atoms with Crippen molar-refractivity contribution in [2.45, 2.75) is 38.1 Å². The molecular formula is C20H25FN4O. The van der Waals surface area contributed by atoms with E-state index in [0.717, 1.165) is 37.2 Å². The Bertz CT molecular complexity index is 687. The van der Waals surface area contributed by atoms with Gasteiger partial charge in [-0.15, -0.1) is 0 Å². The number of hydrogen-bond donors (Lipinski definition) is 1. The molecule has 2 heterocycles. The molecule has 0 aliphatic carbocycles. The van der Waals surface area contributed by atoms with Crippen molar-refractivity contribution >= 4 is 5.91 Å². The molecule has 1 aliphatic heterocycles. The Morgan fingerprint density at radius 3 is 2.62 bits per heavy atom. The second-order valence-electron chi connectivity index (χ2n) is 6.66. The molecule has 0 bridgehead atoms. The molecule has 0 spiro atoms. The van der Waals surface area contributed by atoms with E-state index >= 15 is 0 Å². The van der Waals surface area contributed by atoms with Gasteiger partial charge in [0.2, 0.25) is 5.91 Å². The van der Waals surface area contributed by atoms with Gasteiger partial charge in [-0.25, -0.2) is 4.39 Å². The van der Waals surface area contributed by atoms with E-state index in [9.17, 15) is 9.18 Å². The predicted octanol–water partition coefficient (Wildman–Crippen LogP) is 2.89. The van der Waals surface area contributed by atoms with Crippen molar-refractivity contribution in [2.75, 3.05) is 19.6 Å². The number of likely N-dealkylation sites (tertiary alicyclic amines) is 1. The Hall–Kier alpha value is -2.34. The van der Waals surface area contributed by atoms with Crippen molar-refractivity contribution in [2.24, 2.45) is 0 Å². The molecule has 1 aliphatic rings. The fraction of sp³-hybridized carbons (Fsp3) is 0.450. The van der Waals surface area contributed by atoms with Crippen molar-refractivity contribution in [3.05, 3.63) is 59.9 Å². The summed E-state index contributed by atoms with van der Waals surface area (Å²) < 4.78 is 13.3. The molecule has 26 heavy (non-hydrogen) atoms. The topological polar surface area (TPSA) is 58.1 Å². The number of piperidine rings is 1. The summed E-state index contributed by atoms with van der Waals surface area (Å²) in [5, 5.41) is 3.04. The molecule has 1 unspecified atom stereocenters. The van der Waals surface area contributed by atoms with Crippen LogP contribution in [0.5, 0.6) is 0 Å². The number of carbonyl (C=O) groups is 1. The lowest BCUT2D eigenvalue weighted by Gasteiger charge is -2.35. The quantitative estimate of drug-likeness (QED) is 0.829. The van der Waals surface area contributed by atoms with Crippen LogP contribution in [0.25, 0.3) is 0 Å². The molecule has 138 valence electrons. The Morgan fingerprint density at radius 2 is 1.92 bits per heavy atom. The number of carbonyl (C=O) groups excluding carboxylic acids is 1. The molecule has 1 aromatic carbocycles. The second kappa shape index (κ2) is 9.38. The van der Waals surface area contributed by atoms with Crippen LogP contribution >= 0.6 is 0 Å². The predicted molar refractivity (Wildman–Crippen MR) is 97.9 cm³/mol. The van der Waals surface area contributed by atoms with Crippen molar-refractivity contribution in [1.82, 2.24) is 20.2 Å². The van der Waals surface area contributed by atoms with Crippen molar-refractivity contribution in [1.29, 1.82) is 0 Å². The number of rotatable bonds is 7. The lowest BCUT2D eigenvalue weighted by molar-refractivity contribution is -0.121. The fourth-order valence-corrected chi connectivity index (χ4v) is 3.37. The number of halogens is 1. The van der Waals surface area contributed by atoms with Gasteiger partial charge < -0.3 is 5.32 Å². The number of aryl methyl sites for hydroxylation is 1. The van der Waals surface area contributed by atoms with E-state index < -0.39 is 0 Å². The maximum atomic E-state index is 13.3. The minimum atomic E-state index is -0.237. The number of nitrogens with one attached hydrogen (secondary N) is 1. The summed E-state index contributed by atoms with van der Waals surface area (Å²) >= 11 is 0. The van der Waals surface area contributed by atoms with Crippen molar-refractivity contribution in [3.8, 4) is 0 Å². The first-order chi connectivity index (χ1) is 12.7. The molecule has 1 saturated heterocycles. The fourth-order valence-electron chi connectivity index (χ4n) is 3.37. The van der Waals surface area contributed by atoms with Crippen LogP contribution in [-0.4, -0.2) is 40.4 Å². The standard InChI is InChI=1S/C20H25FN4O/c21-17-6-4-16(5-7-17)19(25-12-2-1-3-13-25)15-24-20(26)9-8-18-14-22-10-11-23-18/h4-7,10-11,14,19H,1-3,8-9,12-13,15H2,(H,24,26). The molecular weight excluding hydrogens is 331 g/mol. The molecule has 0 radical (unpaired) electrons. The Labute approximate surface area is 153 Å². The van der Waals surface area contributed by atoms with Crippen molar-refractivity contribution < 1.29 is 9.18 Å². The summed E-state index contributed by atoms with van der Waals surface area (Å²) in [6.45, 7) is 2.56. The zero-order valence-corrected chi connectivity index (χ0v) is 14.9. The third-order valence-electron chi connectivity index (χ3n) is 4.80. The number of benzene rings is 1. The summed E-state index contributed by atoms with van der Waals surface area (Å²) in [5.41, 5.74) is 1.86. The van der Waals surface area contributed by atoms with E-state index in [1.807, 2.05) is 12.1 Å². The summed E-state index contributed by atoms with van der Waals surface area (Å²) in [6, 6.07) is 6.70. The second-order valence-corrected chi connectivity index (χ2v) is 6.66. The van der Waals surface area contributed by atoms with Crippen LogP contribution in [0.1, 0.15) is 43.0 Å². The smallest absolute Gasteiger partial charge is 0.220 e. The summed E-state index contributed by atoms with van der Waals surface area (Å²) in [6.07, 6.45) is 9.47. The Kier molecular flexibility index (Phi) is 6.66. The third kappa shape index (κ3) is 5.33. The first-order valence-corrected chi connectivity index (χ1v) is 9.23. The van der Waals surface area contributed by atoms with E-state index in [2.05, 4.69) is 20.2 Å². The van der Waals surface area contributed by atoms with Gasteiger partial charge in [-0.2, -0.15) is 0 Å². The Morgan fingerprint density at radius 1 is 1.15 bits per heavy atom. The van der Waals surface area contributed by atoms with Crippen LogP contribution in [-0.2, 0) is 11.2 Å². The average Bonchev–Trinajstić information content (AvgIpc) is 2.69. The van der Waals surface area contributed by atoms with Crippen LogP contribution in [0.2, 0.25) is 0 Å². The van der Waals surface area contributed by atoms with E-state index in [0.29, 0.717) is 19.4 Å². The van der Waals surface area contributed by atoms with Gasteiger partial charge in [0.05, 0.1) is 11.7 Å². The molecule has 1 aromatic heterocycles. The largest absolute Gasteiger partial charge is 0.354 e. The van der Waals surface area contributed by atoms with Crippen LogP contribution in [0.3, 0.4) is 0 Å². The van der Waals surface area contributed by atoms with Crippen LogP contribution in [0.4, 0.5) is 4.39 Å². The van der Waals surface area contributed by atoms with Gasteiger partial charge in [-0.1, -0.05) is 18.6 Å². The molecule has 1 atom stereocenters. The molecule has 0 saturated carbocycles. The highest BCUT2D eigenvalue weighted by molar-refractivity contribution is 5.76. The van der Waals surface area contributed by atoms with Gasteiger partial charge in [0.15, 0.2) is 0 Å². The lowest BCUT2D eigenvalue weighted by atomic mass is 10.0. The average molecular weight is 356 g/mol. The maximum absolute atomic E-state index is 13.3.